The van der Waals surface area contributed by atoms with Gasteiger partial charge in [-0.3, -0.25) is 44.1 Å². The molecule has 3 aromatic carbocycles. The number of nitrogens with one attached hydrogen (secondary N) is 3. The lowest BCUT2D eigenvalue weighted by molar-refractivity contribution is -0.162. The van der Waals surface area contributed by atoms with Crippen LogP contribution in [0.3, 0.4) is 0 Å². The minimum absolute atomic E-state index is 0.00299. The highest BCUT2D eigenvalue weighted by Crippen LogP contribution is 2.42. The van der Waals surface area contributed by atoms with Crippen molar-refractivity contribution in [1.82, 2.24) is 59.3 Å². The second kappa shape index (κ2) is 40.6. The van der Waals surface area contributed by atoms with Gasteiger partial charge in [-0.1, -0.05) is 53.0 Å². The average molecular weight is 1720 g/mol. The lowest BCUT2D eigenvalue weighted by atomic mass is 9.94. The molecule has 6 atom stereocenters. The highest BCUT2D eigenvalue weighted by Gasteiger charge is 2.48. The molecule has 0 aliphatic carbocycles. The minimum atomic E-state index is -3.62. The number of thioether (sulfide) groups is 1. The molecule has 6 N–H and O–H groups in total. The standard InChI is InChI=1S/C27H31ClF3N5O5.C25H27ClF3N5O5.C25H29ClFN5O4S/c1-3-40-26(39)22-20(15-36-10-11-41-17(14-36)6-7-27(30,31)13-21(37)38)33-24(25-32-8-9-35(25)2)34-23(22)18-5-4-16(29)12-19(18)28;1-3-39-24(37)20-17(12-34-8-9-38-13-18(34)25(28,29)11-19(35)36)31-22(23-30-6-7-33(23)2)32-21(20)15-5-4-14(27)10-16(15)26;1-3-36-25(35)21-19(13-32-10-11-37-14-16(32)5-7-20(33)34)29-23(24-28-8-9-31(24)2)30-22(21)17-6-4-15(27)12-18(17)26/h4-5,8-9,12,17,23H,3,6-7,10-11,13-15H2,1-2H3,(H,33,34)(H,37,38);4-7,10,18,21H,3,8-9,11-13H2,1-2H3,(H,31,32)(H,35,36);4,6,8-9,12,16,22H,3,5,7,10-11,13-14H2,1-2H3,(H,29,30)(H,33,34)/t17-,23+;18?,21-;16-,22+/m101/s1. The molecule has 1 unspecified atom stereocenters. The number of aliphatic carboxylic acids is 3. The van der Waals surface area contributed by atoms with E-state index in [-0.39, 0.29) is 121 Å². The summed E-state index contributed by atoms with van der Waals surface area (Å²) in [7, 11) is 5.34. The smallest absolute Gasteiger partial charge is 0.338 e. The molecule has 6 aliphatic rings. The van der Waals surface area contributed by atoms with Crippen LogP contribution in [-0.4, -0.2) is 239 Å². The lowest BCUT2D eigenvalue weighted by Gasteiger charge is -2.40. The number of imidazole rings is 3. The molecule has 6 aromatic rings. The van der Waals surface area contributed by atoms with Crippen LogP contribution in [-0.2, 0) is 73.6 Å². The molecule has 29 nitrogen and oxygen atoms in total. The fourth-order valence-electron chi connectivity index (χ4n) is 13.9. The highest BCUT2D eigenvalue weighted by molar-refractivity contribution is 7.99. The van der Waals surface area contributed by atoms with E-state index in [2.05, 4.69) is 40.8 Å². The number of aromatic nitrogens is 6. The number of ether oxygens (including phenoxy) is 5. The molecule has 0 amide bonds. The van der Waals surface area contributed by atoms with Crippen LogP contribution in [0.1, 0.15) is 112 Å². The highest BCUT2D eigenvalue weighted by atomic mass is 35.5. The van der Waals surface area contributed by atoms with Crippen molar-refractivity contribution in [2.45, 2.75) is 107 Å². The average Bonchev–Trinajstić information content (AvgIpc) is 1.60. The van der Waals surface area contributed by atoms with Crippen LogP contribution in [0, 0.1) is 17.5 Å². The molecule has 3 fully saturated rings. The Morgan fingerprint density at radius 1 is 0.564 bits per heavy atom. The van der Waals surface area contributed by atoms with E-state index in [1.165, 1.54) is 53.6 Å². The Kier molecular flexibility index (Phi) is 31.1. The molecule has 12 rings (SSSR count). The van der Waals surface area contributed by atoms with E-state index >= 15 is 8.78 Å². The summed E-state index contributed by atoms with van der Waals surface area (Å²) in [5.41, 5.74) is 2.80. The summed E-state index contributed by atoms with van der Waals surface area (Å²) in [6, 6.07) is 7.05. The molecule has 3 aromatic heterocycles. The predicted molar refractivity (Wildman–Crippen MR) is 418 cm³/mol. The molecule has 6 aliphatic heterocycles. The molecule has 0 spiro atoms. The Hall–Kier alpha value is -9.73. The van der Waals surface area contributed by atoms with Gasteiger partial charge in [0.25, 0.3) is 11.8 Å². The minimum Gasteiger partial charge on any atom is -0.481 e. The van der Waals surface area contributed by atoms with Gasteiger partial charge in [0, 0.05) is 183 Å². The number of aryl methyl sites for hydroxylation is 3. The number of benzene rings is 3. The van der Waals surface area contributed by atoms with Crippen molar-refractivity contribution < 1.29 is 98.5 Å². The number of halogens is 10. The fourth-order valence-corrected chi connectivity index (χ4v) is 15.9. The first-order chi connectivity index (χ1) is 55.8. The Morgan fingerprint density at radius 3 is 1.38 bits per heavy atom. The summed E-state index contributed by atoms with van der Waals surface area (Å²) < 4.78 is 132. The van der Waals surface area contributed by atoms with Crippen molar-refractivity contribution in [3.8, 4) is 0 Å². The van der Waals surface area contributed by atoms with Crippen LogP contribution in [0.2, 0.25) is 15.1 Å². The summed E-state index contributed by atoms with van der Waals surface area (Å²) in [5.74, 6) is -10.5. The maximum Gasteiger partial charge on any atom is 0.338 e. The molecule has 0 bridgehead atoms. The molecule has 9 heterocycles. The van der Waals surface area contributed by atoms with Crippen molar-refractivity contribution in [1.29, 1.82) is 0 Å². The molecule has 0 radical (unpaired) electrons. The van der Waals surface area contributed by atoms with Crippen molar-refractivity contribution in [3.63, 3.8) is 0 Å². The third-order valence-electron chi connectivity index (χ3n) is 19.5. The Morgan fingerprint density at radius 2 is 0.991 bits per heavy atom. The summed E-state index contributed by atoms with van der Waals surface area (Å²) in [6.07, 6.45) is 6.66. The Bertz CT molecular complexity index is 4830. The number of nitrogens with zero attached hydrogens (tertiary/aromatic N) is 12. The first-order valence-electron chi connectivity index (χ1n) is 37.2. The topological polar surface area (TPSA) is 346 Å². The number of hydrogen-bond donors (Lipinski definition) is 6. The number of carbonyl (C=O) groups excluding carboxylic acids is 3. The zero-order valence-electron chi connectivity index (χ0n) is 64.4. The molecule has 0 saturated carbocycles. The maximum absolute atomic E-state index is 15.0. The van der Waals surface area contributed by atoms with Crippen LogP contribution in [0.25, 0.3) is 0 Å². The predicted octanol–water partition coefficient (Wildman–Crippen LogP) is 10.0. The van der Waals surface area contributed by atoms with Gasteiger partial charge in [0.05, 0.1) is 68.5 Å². The molecular formula is C77H87Cl3F7N15O14S. The van der Waals surface area contributed by atoms with E-state index in [9.17, 15) is 55.8 Å². The van der Waals surface area contributed by atoms with Gasteiger partial charge in [0.2, 0.25) is 0 Å². The first-order valence-corrected chi connectivity index (χ1v) is 39.5. The number of carbonyl (C=O) groups is 6. The van der Waals surface area contributed by atoms with Crippen molar-refractivity contribution in [3.05, 3.63) is 192 Å². The summed E-state index contributed by atoms with van der Waals surface area (Å²) >= 11 is 21.0. The van der Waals surface area contributed by atoms with Gasteiger partial charge < -0.3 is 68.7 Å². The molecule has 630 valence electrons. The van der Waals surface area contributed by atoms with Gasteiger partial charge in [-0.2, -0.15) is 11.8 Å². The van der Waals surface area contributed by atoms with E-state index < -0.39 is 121 Å². The van der Waals surface area contributed by atoms with Crippen LogP contribution in [0.5, 0.6) is 0 Å². The number of aliphatic imine (C=N–C) groups is 3. The fraction of sp³-hybridized carbons (Fsp3) is 0.455. The summed E-state index contributed by atoms with van der Waals surface area (Å²) in [5, 5.41) is 36.8. The van der Waals surface area contributed by atoms with Gasteiger partial charge >= 0.3 is 35.8 Å². The van der Waals surface area contributed by atoms with E-state index in [1.807, 2.05) is 11.9 Å². The van der Waals surface area contributed by atoms with Gasteiger partial charge in [-0.25, -0.2) is 60.1 Å². The quantitative estimate of drug-likeness (QED) is 0.0144. The van der Waals surface area contributed by atoms with Crippen LogP contribution >= 0.6 is 46.6 Å². The first kappa shape index (κ1) is 89.6. The maximum atomic E-state index is 15.0. The zero-order valence-corrected chi connectivity index (χ0v) is 67.4. The number of carboxylic acids is 3. The third-order valence-corrected chi connectivity index (χ3v) is 21.5. The molecular weight excluding hydrogens is 1630 g/mol. The summed E-state index contributed by atoms with van der Waals surface area (Å²) in [6.45, 7) is 7.03. The van der Waals surface area contributed by atoms with E-state index in [1.54, 1.807) is 91.3 Å². The second-order valence-corrected chi connectivity index (χ2v) is 30.0. The number of amidine groups is 3. The van der Waals surface area contributed by atoms with Crippen LogP contribution in [0.15, 0.2) is 141 Å². The third kappa shape index (κ3) is 23.2. The lowest BCUT2D eigenvalue weighted by Crippen LogP contribution is -2.57. The molecule has 40 heteroatoms. The Balaban J connectivity index is 0.000000185. The SMILES string of the molecule is CCOC(=O)C1=C(CN2CCOCC2C(F)(F)CC(=O)O)NC(c2nccn2C)=N[C@H]1c1ccc(F)cc1Cl.CCOC(=O)C1=C(CN2CCO[C@H](CCC(F)(F)CC(=O)O)C2)NC(c2nccn2C)=N[C@H]1c1ccc(F)cc1Cl.CCOC(=O)C1=C(CN2CCSC[C@H]2CCC(=O)O)NC(c2nccn2C)=N[C@H]1c1ccc(F)cc1Cl. The number of carboxylic acid groups (broad SMARTS) is 3. The number of morpholine rings is 2. The van der Waals surface area contributed by atoms with Crippen LogP contribution in [0.4, 0.5) is 30.7 Å². The second-order valence-electron chi connectivity index (χ2n) is 27.7. The van der Waals surface area contributed by atoms with Crippen molar-refractivity contribution in [2.75, 3.05) is 97.0 Å². The van der Waals surface area contributed by atoms with Crippen LogP contribution < -0.4 is 16.0 Å². The van der Waals surface area contributed by atoms with Gasteiger partial charge in [0.1, 0.15) is 48.4 Å². The normalized spacial score (nSPS) is 20.3. The number of esters is 3. The summed E-state index contributed by atoms with van der Waals surface area (Å²) in [4.78, 5) is 106. The molecule has 117 heavy (non-hydrogen) atoms. The number of alkyl halides is 4. The molecule has 3 saturated heterocycles. The largest absolute Gasteiger partial charge is 0.481 e. The van der Waals surface area contributed by atoms with Crippen molar-refractivity contribution >= 4 is 99.9 Å². The Labute approximate surface area is 687 Å². The van der Waals surface area contributed by atoms with E-state index in [0.717, 1.165) is 30.2 Å². The van der Waals surface area contributed by atoms with Gasteiger partial charge in [0.15, 0.2) is 35.0 Å². The monoisotopic (exact) mass is 1720 g/mol. The van der Waals surface area contributed by atoms with Crippen molar-refractivity contribution in [2.24, 2.45) is 36.1 Å². The number of hydrogen-bond acceptors (Lipinski definition) is 24. The van der Waals surface area contributed by atoms with E-state index in [0.29, 0.717) is 76.7 Å². The zero-order chi connectivity index (χ0) is 84.6. The van der Waals surface area contributed by atoms with Gasteiger partial charge in [-0.05, 0) is 70.0 Å². The number of rotatable bonds is 29. The van der Waals surface area contributed by atoms with Gasteiger partial charge in [-0.15, -0.1) is 0 Å². The van der Waals surface area contributed by atoms with E-state index in [4.69, 9.17) is 78.7 Å².